The van der Waals surface area contributed by atoms with E-state index in [0.29, 0.717) is 51.8 Å². The lowest BCUT2D eigenvalue weighted by Gasteiger charge is -2.30. The molecular weight excluding hydrogens is 544 g/mol. The molecule has 1 aliphatic carbocycles. The number of nitrogens with one attached hydrogen (secondary N) is 1. The summed E-state index contributed by atoms with van der Waals surface area (Å²) in [4.78, 5) is 27.7. The van der Waals surface area contributed by atoms with E-state index in [-0.39, 0.29) is 18.6 Å². The summed E-state index contributed by atoms with van der Waals surface area (Å²) >= 11 is 3.57. The van der Waals surface area contributed by atoms with Crippen LogP contribution < -0.4 is 14.8 Å². The number of carbonyl (C=O) groups is 2. The lowest BCUT2D eigenvalue weighted by Crippen LogP contribution is -2.34. The Labute approximate surface area is 224 Å². The number of esters is 1. The van der Waals surface area contributed by atoms with Gasteiger partial charge in [0, 0.05) is 18.8 Å². The number of rotatable bonds is 9. The summed E-state index contributed by atoms with van der Waals surface area (Å²) in [5.41, 5.74) is 1.73. The lowest BCUT2D eigenvalue weighted by atomic mass is 9.94. The lowest BCUT2D eigenvalue weighted by molar-refractivity contribution is -0.146. The third kappa shape index (κ3) is 5.73. The highest BCUT2D eigenvalue weighted by atomic mass is 79.9. The molecule has 37 heavy (non-hydrogen) atoms. The Hall–Kier alpha value is -3.15. The van der Waals surface area contributed by atoms with Gasteiger partial charge >= 0.3 is 5.97 Å². The standard InChI is InChI=1S/C25H33BrN6O5/c1-5-31(6-2)20(33)14-36-23-18(26)12-16(13-19(23)35-4)22-21(15(3)27-25-28-29-30-32(22)25)24(34)37-17-10-8-7-9-11-17/h12-13,17,22H,5-11,14H2,1-4H3,(H,27,28,30). The van der Waals surface area contributed by atoms with Gasteiger partial charge in [-0.2, -0.15) is 4.68 Å². The van der Waals surface area contributed by atoms with Crippen molar-refractivity contribution in [2.45, 2.75) is 65.0 Å². The summed E-state index contributed by atoms with van der Waals surface area (Å²) < 4.78 is 19.6. The molecule has 1 atom stereocenters. The second-order valence-electron chi connectivity index (χ2n) is 9.07. The third-order valence-electron chi connectivity index (χ3n) is 6.78. The molecule has 1 aliphatic heterocycles. The monoisotopic (exact) mass is 576 g/mol. The van der Waals surface area contributed by atoms with Crippen LogP contribution in [-0.4, -0.2) is 69.9 Å². The normalized spacial score (nSPS) is 17.6. The van der Waals surface area contributed by atoms with Crippen molar-refractivity contribution < 1.29 is 23.8 Å². The van der Waals surface area contributed by atoms with Gasteiger partial charge in [-0.15, -0.1) is 0 Å². The molecule has 12 heteroatoms. The number of halogens is 1. The molecule has 2 aliphatic rings. The van der Waals surface area contributed by atoms with Crippen molar-refractivity contribution in [1.29, 1.82) is 0 Å². The number of likely N-dealkylation sites (N-methyl/N-ethyl adjacent to an activating group) is 1. The maximum Gasteiger partial charge on any atom is 0.338 e. The molecule has 1 aromatic heterocycles. The Morgan fingerprint density at radius 3 is 2.59 bits per heavy atom. The van der Waals surface area contributed by atoms with Crippen molar-refractivity contribution in [3.05, 3.63) is 33.4 Å². The average molecular weight is 577 g/mol. The van der Waals surface area contributed by atoms with E-state index in [4.69, 9.17) is 14.2 Å². The van der Waals surface area contributed by atoms with Gasteiger partial charge in [-0.1, -0.05) is 11.5 Å². The minimum atomic E-state index is -0.654. The SMILES string of the molecule is CCN(CC)C(=O)COc1c(Br)cc(C2C(C(=O)OC3CCCCC3)=C(C)Nc3nnnn32)cc1OC. The van der Waals surface area contributed by atoms with E-state index in [9.17, 15) is 9.59 Å². The number of hydrogen-bond acceptors (Lipinski definition) is 9. The van der Waals surface area contributed by atoms with Gasteiger partial charge in [0.15, 0.2) is 18.1 Å². The average Bonchev–Trinajstić information content (AvgIpc) is 3.36. The number of allylic oxidation sites excluding steroid dienone is 1. The van der Waals surface area contributed by atoms with Crippen LogP contribution in [0.5, 0.6) is 11.5 Å². The largest absolute Gasteiger partial charge is 0.493 e. The molecule has 0 spiro atoms. The zero-order chi connectivity index (χ0) is 26.5. The minimum Gasteiger partial charge on any atom is -0.493 e. The molecule has 1 unspecified atom stereocenters. The van der Waals surface area contributed by atoms with E-state index in [0.717, 1.165) is 32.1 Å². The van der Waals surface area contributed by atoms with Crippen LogP contribution in [0, 0.1) is 0 Å². The van der Waals surface area contributed by atoms with Crippen LogP contribution in [0.15, 0.2) is 27.9 Å². The Bertz CT molecular complexity index is 1170. The van der Waals surface area contributed by atoms with Crippen molar-refractivity contribution in [2.24, 2.45) is 0 Å². The fraction of sp³-hybridized carbons (Fsp3) is 0.560. The molecule has 11 nitrogen and oxygen atoms in total. The number of anilines is 1. The van der Waals surface area contributed by atoms with Crippen LogP contribution >= 0.6 is 15.9 Å². The number of tetrazole rings is 1. The first-order chi connectivity index (χ1) is 17.9. The Morgan fingerprint density at radius 2 is 1.92 bits per heavy atom. The molecule has 1 fully saturated rings. The van der Waals surface area contributed by atoms with E-state index < -0.39 is 12.0 Å². The number of benzene rings is 1. The highest BCUT2D eigenvalue weighted by Crippen LogP contribution is 2.43. The van der Waals surface area contributed by atoms with Crippen LogP contribution in [0.1, 0.15) is 64.5 Å². The third-order valence-corrected chi connectivity index (χ3v) is 7.37. The van der Waals surface area contributed by atoms with Gasteiger partial charge in [-0.3, -0.25) is 4.79 Å². The first-order valence-electron chi connectivity index (χ1n) is 12.6. The van der Waals surface area contributed by atoms with Gasteiger partial charge in [0.1, 0.15) is 12.1 Å². The molecule has 4 rings (SSSR count). The highest BCUT2D eigenvalue weighted by Gasteiger charge is 2.37. The van der Waals surface area contributed by atoms with Crippen molar-refractivity contribution in [2.75, 3.05) is 32.1 Å². The van der Waals surface area contributed by atoms with E-state index >= 15 is 0 Å². The second kappa shape index (κ2) is 11.9. The summed E-state index contributed by atoms with van der Waals surface area (Å²) in [6.07, 6.45) is 4.90. The molecule has 1 saturated carbocycles. The van der Waals surface area contributed by atoms with Crippen molar-refractivity contribution in [3.63, 3.8) is 0 Å². The summed E-state index contributed by atoms with van der Waals surface area (Å²) in [6.45, 7) is 6.73. The Morgan fingerprint density at radius 1 is 1.19 bits per heavy atom. The predicted octanol–water partition coefficient (Wildman–Crippen LogP) is 3.86. The van der Waals surface area contributed by atoms with E-state index in [1.807, 2.05) is 26.8 Å². The van der Waals surface area contributed by atoms with Crippen LogP contribution in [0.4, 0.5) is 5.95 Å². The molecule has 2 heterocycles. The molecule has 1 aromatic carbocycles. The zero-order valence-electron chi connectivity index (χ0n) is 21.6. The number of amides is 1. The van der Waals surface area contributed by atoms with Gasteiger partial charge in [-0.25, -0.2) is 4.79 Å². The summed E-state index contributed by atoms with van der Waals surface area (Å²) in [7, 11) is 1.52. The maximum absolute atomic E-state index is 13.5. The van der Waals surface area contributed by atoms with Crippen molar-refractivity contribution in [3.8, 4) is 11.5 Å². The highest BCUT2D eigenvalue weighted by molar-refractivity contribution is 9.10. The van der Waals surface area contributed by atoms with Gasteiger partial charge in [0.05, 0.1) is 17.2 Å². The van der Waals surface area contributed by atoms with E-state index in [1.165, 1.54) is 7.11 Å². The summed E-state index contributed by atoms with van der Waals surface area (Å²) in [5.74, 6) is 0.693. The minimum absolute atomic E-state index is 0.0992. The Balaban J connectivity index is 1.67. The number of ether oxygens (including phenoxy) is 3. The van der Waals surface area contributed by atoms with Crippen LogP contribution in [0.25, 0.3) is 0 Å². The molecule has 0 saturated heterocycles. The molecule has 0 radical (unpaired) electrons. The van der Waals surface area contributed by atoms with Gasteiger partial charge in [-0.05, 0) is 90.5 Å². The summed E-state index contributed by atoms with van der Waals surface area (Å²) in [5, 5.41) is 15.1. The molecule has 200 valence electrons. The van der Waals surface area contributed by atoms with E-state index in [2.05, 4.69) is 36.8 Å². The zero-order valence-corrected chi connectivity index (χ0v) is 23.2. The smallest absolute Gasteiger partial charge is 0.338 e. The van der Waals surface area contributed by atoms with Crippen LogP contribution in [0.2, 0.25) is 0 Å². The maximum atomic E-state index is 13.5. The molecule has 2 aromatic rings. The molecular formula is C25H33BrN6O5. The number of carbonyl (C=O) groups excluding carboxylic acids is 2. The fourth-order valence-corrected chi connectivity index (χ4v) is 5.40. The first-order valence-corrected chi connectivity index (χ1v) is 13.4. The number of methoxy groups -OCH3 is 1. The van der Waals surface area contributed by atoms with Gasteiger partial charge in [0.2, 0.25) is 5.95 Å². The molecule has 0 bridgehead atoms. The fourth-order valence-electron chi connectivity index (χ4n) is 4.82. The van der Waals surface area contributed by atoms with Gasteiger partial charge < -0.3 is 24.4 Å². The predicted molar refractivity (Wildman–Crippen MR) is 139 cm³/mol. The second-order valence-corrected chi connectivity index (χ2v) is 9.92. The number of nitrogens with zero attached hydrogens (tertiary/aromatic N) is 5. The van der Waals surface area contributed by atoms with Crippen molar-refractivity contribution >= 4 is 33.8 Å². The summed E-state index contributed by atoms with van der Waals surface area (Å²) in [6, 6.07) is 2.94. The molecule has 1 N–H and O–H groups in total. The number of fused-ring (bicyclic) bond motifs is 1. The Kier molecular flexibility index (Phi) is 8.67. The first kappa shape index (κ1) is 26.9. The topological polar surface area (TPSA) is 121 Å². The van der Waals surface area contributed by atoms with Crippen LogP contribution in [0.3, 0.4) is 0 Å². The van der Waals surface area contributed by atoms with E-state index in [1.54, 1.807) is 15.6 Å². The number of hydrogen-bond donors (Lipinski definition) is 1. The van der Waals surface area contributed by atoms with Crippen molar-refractivity contribution in [1.82, 2.24) is 25.1 Å². The van der Waals surface area contributed by atoms with Crippen LogP contribution in [-0.2, 0) is 14.3 Å². The number of aromatic nitrogens is 4. The van der Waals surface area contributed by atoms with Gasteiger partial charge in [0.25, 0.3) is 5.91 Å². The quantitative estimate of drug-likeness (QED) is 0.443. The molecule has 1 amide bonds.